The average molecular weight is 374 g/mol. The zero-order valence-electron chi connectivity index (χ0n) is 12.0. The number of hydrogen-bond donors (Lipinski definition) is 1. The number of benzene rings is 2. The molecular weight excluding hydrogens is 361 g/mol. The van der Waals surface area contributed by atoms with Gasteiger partial charge in [-0.3, -0.25) is 0 Å². The number of nitrogens with one attached hydrogen (secondary N) is 1. The van der Waals surface area contributed by atoms with Crippen molar-refractivity contribution in [2.24, 2.45) is 0 Å². The summed E-state index contributed by atoms with van der Waals surface area (Å²) in [5.41, 5.74) is 2.00. The minimum atomic E-state index is -0.255. The van der Waals surface area contributed by atoms with Gasteiger partial charge < -0.3 is 5.32 Å². The molecule has 0 amide bonds. The van der Waals surface area contributed by atoms with Gasteiger partial charge in [-0.25, -0.2) is 9.07 Å². The predicted octanol–water partition coefficient (Wildman–Crippen LogP) is 3.72. The standard InChI is InChI=1S/C16H13BrFN5/c17-12-5-1-3-10(7-12)14-9-15(11-4-2-6-13(18)8-11)23-16(19-14)20-21-22-23/h1-8,14-15H,9H2,(H,19,20,22)/t14-,15-/m0/s1. The van der Waals surface area contributed by atoms with Crippen molar-refractivity contribution in [3.05, 3.63) is 69.9 Å². The fraction of sp³-hybridized carbons (Fsp3) is 0.188. The lowest BCUT2D eigenvalue weighted by molar-refractivity contribution is 0.422. The number of tetrazole rings is 1. The number of anilines is 1. The number of nitrogens with zero attached hydrogens (tertiary/aromatic N) is 4. The second-order valence-corrected chi connectivity index (χ2v) is 6.42. The van der Waals surface area contributed by atoms with Crippen LogP contribution in [0.2, 0.25) is 0 Å². The Morgan fingerprint density at radius 2 is 1.96 bits per heavy atom. The van der Waals surface area contributed by atoms with Crippen LogP contribution in [0.5, 0.6) is 0 Å². The monoisotopic (exact) mass is 373 g/mol. The van der Waals surface area contributed by atoms with Gasteiger partial charge in [-0.1, -0.05) is 45.3 Å². The highest BCUT2D eigenvalue weighted by Crippen LogP contribution is 2.37. The van der Waals surface area contributed by atoms with Crippen LogP contribution in [0.3, 0.4) is 0 Å². The summed E-state index contributed by atoms with van der Waals surface area (Å²) >= 11 is 3.50. The summed E-state index contributed by atoms with van der Waals surface area (Å²) in [6.45, 7) is 0. The Morgan fingerprint density at radius 3 is 2.78 bits per heavy atom. The van der Waals surface area contributed by atoms with Gasteiger partial charge in [0.2, 0.25) is 5.95 Å². The minimum absolute atomic E-state index is 0.0549. The molecule has 23 heavy (non-hydrogen) atoms. The molecule has 2 heterocycles. The van der Waals surface area contributed by atoms with Gasteiger partial charge in [0.05, 0.1) is 12.1 Å². The second-order valence-electron chi connectivity index (χ2n) is 5.51. The van der Waals surface area contributed by atoms with Crippen molar-refractivity contribution < 1.29 is 4.39 Å². The summed E-state index contributed by atoms with van der Waals surface area (Å²) in [5, 5.41) is 15.2. The number of hydrogen-bond acceptors (Lipinski definition) is 4. The van der Waals surface area contributed by atoms with E-state index in [4.69, 9.17) is 0 Å². The summed E-state index contributed by atoms with van der Waals surface area (Å²) in [6, 6.07) is 14.7. The first-order valence-corrected chi connectivity index (χ1v) is 8.05. The summed E-state index contributed by atoms with van der Waals surface area (Å²) in [6.07, 6.45) is 0.734. The van der Waals surface area contributed by atoms with Crippen molar-refractivity contribution in [1.82, 2.24) is 20.2 Å². The molecule has 116 valence electrons. The maximum atomic E-state index is 13.6. The van der Waals surface area contributed by atoms with Crippen molar-refractivity contribution >= 4 is 21.9 Å². The van der Waals surface area contributed by atoms with Gasteiger partial charge in [-0.2, -0.15) is 0 Å². The predicted molar refractivity (Wildman–Crippen MR) is 87.5 cm³/mol. The van der Waals surface area contributed by atoms with E-state index in [1.165, 1.54) is 6.07 Å². The third-order valence-electron chi connectivity index (χ3n) is 4.03. The van der Waals surface area contributed by atoms with E-state index < -0.39 is 0 Å². The maximum Gasteiger partial charge on any atom is 0.243 e. The maximum absolute atomic E-state index is 13.6. The molecule has 0 radical (unpaired) electrons. The van der Waals surface area contributed by atoms with Crippen LogP contribution in [0.15, 0.2) is 53.0 Å². The lowest BCUT2D eigenvalue weighted by Crippen LogP contribution is -2.28. The Morgan fingerprint density at radius 1 is 1.13 bits per heavy atom. The Hall–Kier alpha value is -2.28. The molecule has 0 bridgehead atoms. The zero-order valence-corrected chi connectivity index (χ0v) is 13.6. The van der Waals surface area contributed by atoms with Crippen LogP contribution in [0.25, 0.3) is 0 Å². The fourth-order valence-electron chi connectivity index (χ4n) is 2.97. The molecular formula is C16H13BrFN5. The Balaban J connectivity index is 1.75. The highest BCUT2D eigenvalue weighted by atomic mass is 79.9. The molecule has 2 aromatic carbocycles. The molecule has 0 aliphatic carbocycles. The van der Waals surface area contributed by atoms with Crippen LogP contribution >= 0.6 is 15.9 Å². The fourth-order valence-corrected chi connectivity index (χ4v) is 3.39. The Labute approximate surface area is 140 Å². The van der Waals surface area contributed by atoms with Crippen molar-refractivity contribution in [3.8, 4) is 0 Å². The van der Waals surface area contributed by atoms with Crippen LogP contribution in [0.1, 0.15) is 29.6 Å². The number of rotatable bonds is 2. The van der Waals surface area contributed by atoms with Crippen LogP contribution < -0.4 is 5.32 Å². The van der Waals surface area contributed by atoms with E-state index in [-0.39, 0.29) is 17.9 Å². The van der Waals surface area contributed by atoms with Crippen molar-refractivity contribution in [1.29, 1.82) is 0 Å². The molecule has 3 aromatic rings. The highest BCUT2D eigenvalue weighted by Gasteiger charge is 2.30. The van der Waals surface area contributed by atoms with E-state index in [2.05, 4.69) is 48.9 Å². The van der Waals surface area contributed by atoms with E-state index in [9.17, 15) is 4.39 Å². The molecule has 5 nitrogen and oxygen atoms in total. The number of aromatic nitrogens is 4. The van der Waals surface area contributed by atoms with Crippen LogP contribution in [-0.4, -0.2) is 20.2 Å². The number of halogens is 2. The first kappa shape index (κ1) is 14.3. The lowest BCUT2D eigenvalue weighted by atomic mass is 9.93. The molecule has 0 saturated carbocycles. The Kier molecular flexibility index (Phi) is 3.57. The second kappa shape index (κ2) is 5.73. The molecule has 0 fully saturated rings. The van der Waals surface area contributed by atoms with Crippen molar-refractivity contribution in [3.63, 3.8) is 0 Å². The van der Waals surface area contributed by atoms with Gasteiger partial charge in [0.1, 0.15) is 5.82 Å². The van der Waals surface area contributed by atoms with Crippen molar-refractivity contribution in [2.75, 3.05) is 5.32 Å². The highest BCUT2D eigenvalue weighted by molar-refractivity contribution is 9.10. The molecule has 0 spiro atoms. The third kappa shape index (κ3) is 2.72. The van der Waals surface area contributed by atoms with Crippen molar-refractivity contribution in [2.45, 2.75) is 18.5 Å². The normalized spacial score (nSPS) is 19.9. The number of fused-ring (bicyclic) bond motifs is 1. The van der Waals surface area contributed by atoms with Gasteiger partial charge in [-0.05, 0) is 52.2 Å². The van der Waals surface area contributed by atoms with Gasteiger partial charge in [0.15, 0.2) is 0 Å². The topological polar surface area (TPSA) is 55.6 Å². The molecule has 1 N–H and O–H groups in total. The molecule has 0 unspecified atom stereocenters. The summed E-state index contributed by atoms with van der Waals surface area (Å²) in [5.74, 6) is 0.338. The SMILES string of the molecule is Fc1cccc([C@@H]2C[C@@H](c3cccc(Br)c3)Nc3nnnn32)c1. The van der Waals surface area contributed by atoms with E-state index in [0.717, 1.165) is 22.0 Å². The minimum Gasteiger partial charge on any atom is -0.346 e. The molecule has 0 saturated heterocycles. The van der Waals surface area contributed by atoms with Gasteiger partial charge in [-0.15, -0.1) is 0 Å². The van der Waals surface area contributed by atoms with Crippen LogP contribution in [0, 0.1) is 5.82 Å². The molecule has 4 rings (SSSR count). The lowest BCUT2D eigenvalue weighted by Gasteiger charge is -2.31. The van der Waals surface area contributed by atoms with Crippen LogP contribution in [0.4, 0.5) is 10.3 Å². The van der Waals surface area contributed by atoms with E-state index in [0.29, 0.717) is 5.95 Å². The molecule has 7 heteroatoms. The first-order valence-electron chi connectivity index (χ1n) is 7.26. The van der Waals surface area contributed by atoms with Crippen LogP contribution in [-0.2, 0) is 0 Å². The molecule has 2 atom stereocenters. The molecule has 1 aliphatic rings. The van der Waals surface area contributed by atoms with Gasteiger partial charge in [0.25, 0.3) is 0 Å². The largest absolute Gasteiger partial charge is 0.346 e. The smallest absolute Gasteiger partial charge is 0.243 e. The zero-order chi connectivity index (χ0) is 15.8. The van der Waals surface area contributed by atoms with Gasteiger partial charge >= 0.3 is 0 Å². The molecule has 1 aromatic heterocycles. The van der Waals surface area contributed by atoms with Gasteiger partial charge in [0, 0.05) is 4.47 Å². The summed E-state index contributed by atoms with van der Waals surface area (Å²) in [4.78, 5) is 0. The first-order chi connectivity index (χ1) is 11.2. The van der Waals surface area contributed by atoms with E-state index in [1.54, 1.807) is 16.8 Å². The summed E-state index contributed by atoms with van der Waals surface area (Å²) in [7, 11) is 0. The van der Waals surface area contributed by atoms with E-state index in [1.807, 2.05) is 18.2 Å². The quantitative estimate of drug-likeness (QED) is 0.743. The average Bonchev–Trinajstić information content (AvgIpc) is 3.02. The Bertz CT molecular complexity index is 850. The summed E-state index contributed by atoms with van der Waals surface area (Å²) < 4.78 is 16.3. The van der Waals surface area contributed by atoms with E-state index >= 15 is 0 Å². The molecule has 1 aliphatic heterocycles. The third-order valence-corrected chi connectivity index (χ3v) is 4.53.